The molecule has 70 heavy (non-hydrogen) atoms. The highest BCUT2D eigenvalue weighted by molar-refractivity contribution is 7.85. The first-order valence-corrected chi connectivity index (χ1v) is 30.1. The van der Waals surface area contributed by atoms with Gasteiger partial charge in [0.05, 0.1) is 25.0 Å². The summed E-state index contributed by atoms with van der Waals surface area (Å²) in [5.41, 5.74) is 8.76. The molecule has 4 N–H and O–H groups in total. The van der Waals surface area contributed by atoms with Crippen LogP contribution in [-0.2, 0) is 40.5 Å². The van der Waals surface area contributed by atoms with E-state index in [4.69, 9.17) is 18.2 Å². The molecule has 0 bridgehead atoms. The van der Waals surface area contributed by atoms with Crippen LogP contribution in [0.2, 0.25) is 0 Å². The Bertz CT molecular complexity index is 2630. The van der Waals surface area contributed by atoms with Crippen molar-refractivity contribution in [1.82, 2.24) is 0 Å². The van der Waals surface area contributed by atoms with Gasteiger partial charge in [0.1, 0.15) is 0 Å². The van der Waals surface area contributed by atoms with Crippen LogP contribution in [0.5, 0.6) is 0 Å². The van der Waals surface area contributed by atoms with Gasteiger partial charge in [-0.15, -0.1) is 0 Å². The van der Waals surface area contributed by atoms with Crippen LogP contribution < -0.4 is 0 Å². The topological polar surface area (TPSA) is 217 Å². The first-order valence-electron chi connectivity index (χ1n) is 22.7. The van der Waals surface area contributed by atoms with Gasteiger partial charge >= 0.3 is 0 Å². The van der Waals surface area contributed by atoms with Crippen molar-refractivity contribution in [3.63, 3.8) is 0 Å². The minimum absolute atomic E-state index is 0.433. The molecule has 16 heteroatoms. The first-order chi connectivity index (χ1) is 32.7. The molecule has 6 aromatic rings. The first kappa shape index (κ1) is 61.1. The highest BCUT2D eigenvalue weighted by Crippen LogP contribution is 2.45. The molecule has 0 saturated heterocycles. The van der Waals surface area contributed by atoms with Gasteiger partial charge in [-0.05, 0) is 107 Å². The predicted molar refractivity (Wildman–Crippen MR) is 284 cm³/mol. The summed E-state index contributed by atoms with van der Waals surface area (Å²) >= 11 is 0. The van der Waals surface area contributed by atoms with Crippen molar-refractivity contribution in [2.75, 3.05) is 25.0 Å². The van der Waals surface area contributed by atoms with E-state index < -0.39 is 40.5 Å². The van der Waals surface area contributed by atoms with E-state index in [1.165, 1.54) is 33.4 Å². The van der Waals surface area contributed by atoms with E-state index in [0.717, 1.165) is 38.5 Å². The number of hydrogen-bond acceptors (Lipinski definition) is 8. The second-order valence-corrected chi connectivity index (χ2v) is 23.2. The normalized spacial score (nSPS) is 14.0. The molecule has 6 aromatic carbocycles. The van der Waals surface area contributed by atoms with Crippen molar-refractivity contribution in [2.45, 2.75) is 87.9 Å². The van der Waals surface area contributed by atoms with E-state index in [1.54, 1.807) is 0 Å². The molecule has 0 saturated carbocycles. The third-order valence-corrected chi connectivity index (χ3v) is 11.1. The summed E-state index contributed by atoms with van der Waals surface area (Å²) in [7, 11) is -14.7. The summed E-state index contributed by atoms with van der Waals surface area (Å²) in [5.74, 6) is 2.80. The van der Waals surface area contributed by atoms with Crippen molar-refractivity contribution < 1.29 is 51.9 Å². The molecular weight excluding hydrogens is 969 g/mol. The Morgan fingerprint density at radius 1 is 0.300 bits per heavy atom. The van der Waals surface area contributed by atoms with Gasteiger partial charge < -0.3 is 0 Å². The second-order valence-electron chi connectivity index (χ2n) is 17.4. The van der Waals surface area contributed by atoms with E-state index in [2.05, 4.69) is 196 Å². The molecule has 6 unspecified atom stereocenters. The van der Waals surface area contributed by atoms with Gasteiger partial charge in [0.15, 0.2) is 0 Å². The van der Waals surface area contributed by atoms with Gasteiger partial charge in [-0.3, -0.25) is 18.2 Å². The van der Waals surface area contributed by atoms with Gasteiger partial charge in [0.25, 0.3) is 40.5 Å². The fourth-order valence-corrected chi connectivity index (χ4v) is 8.36. The lowest BCUT2D eigenvalue weighted by atomic mass is 9.72. The quantitative estimate of drug-likeness (QED) is 0.0627. The van der Waals surface area contributed by atoms with Crippen LogP contribution in [0.15, 0.2) is 182 Å². The molecule has 0 fully saturated rings. The van der Waals surface area contributed by atoms with E-state index >= 15 is 0 Å². The van der Waals surface area contributed by atoms with Gasteiger partial charge in [0.2, 0.25) is 0 Å². The Morgan fingerprint density at radius 3 is 0.657 bits per heavy atom. The highest BCUT2D eigenvalue weighted by Gasteiger charge is 2.29. The Labute approximate surface area is 418 Å². The number of hydrogen-bond donors (Lipinski definition) is 4. The molecule has 12 nitrogen and oxygen atoms in total. The van der Waals surface area contributed by atoms with Crippen molar-refractivity contribution in [1.29, 1.82) is 0 Å². The second kappa shape index (κ2) is 30.6. The highest BCUT2D eigenvalue weighted by atomic mass is 32.2. The van der Waals surface area contributed by atoms with Crippen LogP contribution >= 0.6 is 0 Å². The Balaban J connectivity index is 0.000000709. The molecule has 0 aliphatic rings. The lowest BCUT2D eigenvalue weighted by molar-refractivity contribution is 0.392. The zero-order chi connectivity index (χ0) is 52.4. The minimum atomic E-state index is -3.67. The maximum absolute atomic E-state index is 9.19. The van der Waals surface area contributed by atoms with Crippen molar-refractivity contribution in [3.8, 4) is 0 Å². The van der Waals surface area contributed by atoms with Crippen LogP contribution in [0.3, 0.4) is 0 Å². The maximum Gasteiger partial charge on any atom is 0.261 e. The van der Waals surface area contributed by atoms with Crippen molar-refractivity contribution in [3.05, 3.63) is 215 Å². The third kappa shape index (κ3) is 30.5. The molecule has 6 atom stereocenters. The zero-order valence-electron chi connectivity index (χ0n) is 40.7. The van der Waals surface area contributed by atoms with E-state index in [1.807, 2.05) is 0 Å². The van der Waals surface area contributed by atoms with Gasteiger partial charge in [-0.2, -0.15) is 33.7 Å². The summed E-state index contributed by atoms with van der Waals surface area (Å²) in [6.45, 7) is 4.77. The fraction of sp³-hybridized carbons (Fsp3) is 0.333. The number of benzene rings is 6. The SMILES string of the molecule is CCC(CC(CC(CC(CC(CC(C)c1ccccc1)c1ccccc1)c1ccccc1)c1ccccc1)c1ccccc1)c1ccccc1.CS(=O)(=O)O.CS(=O)(=O)O.CS(=O)(=O)O.CS(=O)(=O)O. The third-order valence-electron chi connectivity index (χ3n) is 11.1. The molecule has 0 heterocycles. The molecule has 382 valence electrons. The van der Waals surface area contributed by atoms with Crippen LogP contribution in [-0.4, -0.2) is 76.9 Å². The smallest absolute Gasteiger partial charge is 0.261 e. The summed E-state index contributed by atoms with van der Waals surface area (Å²) < 4.78 is 103. The summed E-state index contributed by atoms with van der Waals surface area (Å²) in [5, 5.41) is 0. The monoisotopic (exact) mass is 1040 g/mol. The zero-order valence-corrected chi connectivity index (χ0v) is 44.0. The summed E-state index contributed by atoms with van der Waals surface area (Å²) in [6.07, 6.45) is 9.69. The maximum atomic E-state index is 9.19. The lowest BCUT2D eigenvalue weighted by Crippen LogP contribution is -2.16. The fourth-order valence-electron chi connectivity index (χ4n) is 8.36. The Kier molecular flexibility index (Phi) is 26.7. The predicted octanol–water partition coefficient (Wildman–Crippen LogP) is 12.1. The molecular formula is C54H70O12S4. The van der Waals surface area contributed by atoms with E-state index in [0.29, 0.717) is 60.5 Å². The van der Waals surface area contributed by atoms with Crippen LogP contribution in [0, 0.1) is 0 Å². The number of rotatable bonds is 17. The lowest BCUT2D eigenvalue weighted by Gasteiger charge is -2.32. The summed E-state index contributed by atoms with van der Waals surface area (Å²) in [4.78, 5) is 0. The van der Waals surface area contributed by atoms with Crippen molar-refractivity contribution >= 4 is 40.5 Å². The van der Waals surface area contributed by atoms with E-state index in [9.17, 15) is 33.7 Å². The molecule has 6 rings (SSSR count). The minimum Gasteiger partial charge on any atom is -0.286 e. The van der Waals surface area contributed by atoms with Crippen LogP contribution in [0.25, 0.3) is 0 Å². The molecule has 0 aliphatic carbocycles. The summed E-state index contributed by atoms with van der Waals surface area (Å²) in [6, 6.07) is 67.8. The molecule has 0 aliphatic heterocycles. The van der Waals surface area contributed by atoms with Gasteiger partial charge in [-0.25, -0.2) is 0 Å². The van der Waals surface area contributed by atoms with E-state index in [-0.39, 0.29) is 0 Å². The van der Waals surface area contributed by atoms with Gasteiger partial charge in [-0.1, -0.05) is 196 Å². The molecule has 0 spiro atoms. The van der Waals surface area contributed by atoms with Crippen LogP contribution in [0.1, 0.15) is 121 Å². The average Bonchev–Trinajstić information content (AvgIpc) is 3.29. The molecule has 0 amide bonds. The van der Waals surface area contributed by atoms with Crippen LogP contribution in [0.4, 0.5) is 0 Å². The van der Waals surface area contributed by atoms with Gasteiger partial charge in [0, 0.05) is 0 Å². The van der Waals surface area contributed by atoms with Crippen molar-refractivity contribution in [2.24, 2.45) is 0 Å². The average molecular weight is 1040 g/mol. The largest absolute Gasteiger partial charge is 0.286 e. The Morgan fingerprint density at radius 2 is 0.457 bits per heavy atom. The standard InChI is InChI=1S/C50H54.4CH4O3S/c1-3-40(42-24-12-5-13-25-42)35-48(44-28-16-7-17-29-44)37-50(46-32-20-9-21-33-46)38-49(45-30-18-8-19-31-45)36-47(43-26-14-6-15-27-43)34-39(2)41-22-10-4-11-23-41;4*1-5(2,3)4/h4-33,39-40,47-50H,3,34-38H2,1-2H3;4*1H3,(H,2,3,4). The Hall–Kier alpha value is -5.04. The molecule has 0 radical (unpaired) electrons. The molecule has 0 aromatic heterocycles.